The van der Waals surface area contributed by atoms with Gasteiger partial charge in [-0.3, -0.25) is 4.90 Å². The molecule has 2 aliphatic rings. The normalized spacial score (nSPS) is 35.6. The van der Waals surface area contributed by atoms with E-state index < -0.39 is 0 Å². The van der Waals surface area contributed by atoms with Gasteiger partial charge in [-0.2, -0.15) is 0 Å². The molecule has 14 heavy (non-hydrogen) atoms. The van der Waals surface area contributed by atoms with Gasteiger partial charge in [-0.25, -0.2) is 0 Å². The third kappa shape index (κ3) is 1.69. The van der Waals surface area contributed by atoms with Crippen molar-refractivity contribution in [1.82, 2.24) is 4.90 Å². The summed E-state index contributed by atoms with van der Waals surface area (Å²) in [4.78, 5) is 2.60. The smallest absolute Gasteiger partial charge is 0.0526 e. The van der Waals surface area contributed by atoms with Crippen molar-refractivity contribution < 1.29 is 0 Å². The van der Waals surface area contributed by atoms with Crippen LogP contribution in [0.1, 0.15) is 46.5 Å². The maximum absolute atomic E-state index is 6.35. The molecule has 1 aliphatic heterocycles. The van der Waals surface area contributed by atoms with Crippen LogP contribution in [0.3, 0.4) is 0 Å². The fourth-order valence-electron chi connectivity index (χ4n) is 2.79. The molecule has 82 valence electrons. The lowest BCUT2D eigenvalue weighted by Gasteiger charge is -2.45. The molecule has 0 aromatic carbocycles. The molecular formula is C12H22ClN. The standard InChI is InChI=1S/C12H22ClN/c1-11(2)10(13)5-8-14(11)9-12(3)6-4-7-12/h10H,4-9H2,1-3H3. The van der Waals surface area contributed by atoms with Gasteiger partial charge >= 0.3 is 0 Å². The van der Waals surface area contributed by atoms with Crippen LogP contribution in [0.15, 0.2) is 0 Å². The lowest BCUT2D eigenvalue weighted by Crippen LogP contribution is -2.49. The van der Waals surface area contributed by atoms with Crippen LogP contribution in [0.2, 0.25) is 0 Å². The summed E-state index contributed by atoms with van der Waals surface area (Å²) in [6, 6.07) is 0. The van der Waals surface area contributed by atoms with E-state index in [0.717, 1.165) is 6.42 Å². The molecule has 0 spiro atoms. The SMILES string of the molecule is CC1(CN2CCC(Cl)C2(C)C)CCC1. The van der Waals surface area contributed by atoms with Gasteiger partial charge in [0.25, 0.3) is 0 Å². The summed E-state index contributed by atoms with van der Waals surface area (Å²) in [5, 5.41) is 0.339. The van der Waals surface area contributed by atoms with E-state index in [4.69, 9.17) is 11.6 Å². The van der Waals surface area contributed by atoms with Crippen LogP contribution in [-0.2, 0) is 0 Å². The maximum atomic E-state index is 6.35. The van der Waals surface area contributed by atoms with Gasteiger partial charge in [0.05, 0.1) is 5.38 Å². The Hall–Kier alpha value is 0.250. The van der Waals surface area contributed by atoms with E-state index in [2.05, 4.69) is 25.7 Å². The summed E-state index contributed by atoms with van der Waals surface area (Å²) in [6.45, 7) is 9.45. The van der Waals surface area contributed by atoms with E-state index in [-0.39, 0.29) is 5.54 Å². The first-order valence-electron chi connectivity index (χ1n) is 5.83. The molecule has 0 aromatic rings. The monoisotopic (exact) mass is 215 g/mol. The minimum absolute atomic E-state index is 0.208. The van der Waals surface area contributed by atoms with Crippen LogP contribution in [0.5, 0.6) is 0 Å². The van der Waals surface area contributed by atoms with Gasteiger partial charge in [-0.15, -0.1) is 11.6 Å². The second-order valence-corrected chi connectivity index (χ2v) is 6.52. The Bertz CT molecular complexity index is 220. The lowest BCUT2D eigenvalue weighted by atomic mass is 9.70. The highest BCUT2D eigenvalue weighted by molar-refractivity contribution is 6.21. The zero-order chi connectivity index (χ0) is 10.4. The molecule has 0 N–H and O–H groups in total. The first kappa shape index (κ1) is 10.8. The summed E-state index contributed by atoms with van der Waals surface area (Å²) < 4.78 is 0. The Balaban J connectivity index is 1.98. The van der Waals surface area contributed by atoms with Crippen molar-refractivity contribution in [1.29, 1.82) is 0 Å². The highest BCUT2D eigenvalue weighted by atomic mass is 35.5. The number of nitrogens with zero attached hydrogens (tertiary/aromatic N) is 1. The quantitative estimate of drug-likeness (QED) is 0.640. The highest BCUT2D eigenvalue weighted by Crippen LogP contribution is 2.44. The molecule has 1 nitrogen and oxygen atoms in total. The average Bonchev–Trinajstić information content (AvgIpc) is 2.29. The largest absolute Gasteiger partial charge is 0.296 e. The van der Waals surface area contributed by atoms with Crippen LogP contribution >= 0.6 is 11.6 Å². The summed E-state index contributed by atoms with van der Waals surface area (Å²) in [6.07, 6.45) is 5.40. The number of hydrogen-bond donors (Lipinski definition) is 0. The predicted molar refractivity (Wildman–Crippen MR) is 61.9 cm³/mol. The highest BCUT2D eigenvalue weighted by Gasteiger charge is 2.44. The minimum atomic E-state index is 0.208. The van der Waals surface area contributed by atoms with Gasteiger partial charge in [0.2, 0.25) is 0 Å². The van der Waals surface area contributed by atoms with Gasteiger partial charge in [0.1, 0.15) is 0 Å². The summed E-state index contributed by atoms with van der Waals surface area (Å²) in [7, 11) is 0. The molecule has 1 aliphatic carbocycles. The van der Waals surface area contributed by atoms with E-state index in [1.165, 1.54) is 32.4 Å². The molecule has 2 heteroatoms. The van der Waals surface area contributed by atoms with E-state index in [1.807, 2.05) is 0 Å². The molecule has 1 saturated heterocycles. The van der Waals surface area contributed by atoms with Crippen LogP contribution in [0, 0.1) is 5.41 Å². The zero-order valence-corrected chi connectivity index (χ0v) is 10.4. The summed E-state index contributed by atoms with van der Waals surface area (Å²) in [5.74, 6) is 0. The molecule has 1 saturated carbocycles. The minimum Gasteiger partial charge on any atom is -0.296 e. The third-order valence-electron chi connectivity index (χ3n) is 4.37. The molecular weight excluding hydrogens is 194 g/mol. The second-order valence-electron chi connectivity index (χ2n) is 6.00. The third-order valence-corrected chi connectivity index (χ3v) is 5.12. The van der Waals surface area contributed by atoms with Crippen molar-refractivity contribution >= 4 is 11.6 Å². The van der Waals surface area contributed by atoms with Crippen LogP contribution < -0.4 is 0 Å². The molecule has 2 rings (SSSR count). The van der Waals surface area contributed by atoms with Crippen molar-refractivity contribution in [2.75, 3.05) is 13.1 Å². The number of halogens is 1. The van der Waals surface area contributed by atoms with Crippen molar-refractivity contribution in [2.24, 2.45) is 5.41 Å². The Morgan fingerprint density at radius 1 is 1.29 bits per heavy atom. The van der Waals surface area contributed by atoms with E-state index in [9.17, 15) is 0 Å². The maximum Gasteiger partial charge on any atom is 0.0526 e. The van der Waals surface area contributed by atoms with E-state index in [1.54, 1.807) is 0 Å². The van der Waals surface area contributed by atoms with E-state index in [0.29, 0.717) is 10.8 Å². The first-order chi connectivity index (χ1) is 6.44. The number of alkyl halides is 1. The molecule has 0 amide bonds. The van der Waals surface area contributed by atoms with Crippen molar-refractivity contribution in [2.45, 2.75) is 57.4 Å². The number of likely N-dealkylation sites (tertiary alicyclic amines) is 1. The van der Waals surface area contributed by atoms with Crippen LogP contribution in [0.4, 0.5) is 0 Å². The fraction of sp³-hybridized carbons (Fsp3) is 1.00. The Kier molecular flexibility index (Phi) is 2.60. The Morgan fingerprint density at radius 3 is 2.29 bits per heavy atom. The summed E-state index contributed by atoms with van der Waals surface area (Å²) >= 11 is 6.35. The number of hydrogen-bond acceptors (Lipinski definition) is 1. The van der Waals surface area contributed by atoms with Gasteiger partial charge in [-0.05, 0) is 38.5 Å². The average molecular weight is 216 g/mol. The molecule has 1 unspecified atom stereocenters. The van der Waals surface area contributed by atoms with Crippen molar-refractivity contribution in [3.05, 3.63) is 0 Å². The molecule has 0 bridgehead atoms. The van der Waals surface area contributed by atoms with Crippen molar-refractivity contribution in [3.8, 4) is 0 Å². The van der Waals surface area contributed by atoms with Gasteiger partial charge < -0.3 is 0 Å². The van der Waals surface area contributed by atoms with Crippen LogP contribution in [0.25, 0.3) is 0 Å². The van der Waals surface area contributed by atoms with Crippen molar-refractivity contribution in [3.63, 3.8) is 0 Å². The number of rotatable bonds is 2. The lowest BCUT2D eigenvalue weighted by molar-refractivity contribution is 0.0525. The molecule has 1 heterocycles. The van der Waals surface area contributed by atoms with Gasteiger partial charge in [-0.1, -0.05) is 13.3 Å². The Labute approximate surface area is 92.8 Å². The second kappa shape index (κ2) is 3.38. The van der Waals surface area contributed by atoms with Gasteiger partial charge in [0.15, 0.2) is 0 Å². The first-order valence-corrected chi connectivity index (χ1v) is 6.27. The zero-order valence-electron chi connectivity index (χ0n) is 9.65. The topological polar surface area (TPSA) is 3.24 Å². The van der Waals surface area contributed by atoms with Gasteiger partial charge in [0, 0.05) is 18.6 Å². The molecule has 1 atom stereocenters. The molecule has 0 radical (unpaired) electrons. The predicted octanol–water partition coefficient (Wildman–Crippen LogP) is 3.27. The summed E-state index contributed by atoms with van der Waals surface area (Å²) in [5.41, 5.74) is 0.804. The fourth-order valence-corrected chi connectivity index (χ4v) is 3.03. The van der Waals surface area contributed by atoms with Crippen LogP contribution in [-0.4, -0.2) is 28.9 Å². The molecule has 0 aromatic heterocycles. The molecule has 2 fully saturated rings. The van der Waals surface area contributed by atoms with E-state index >= 15 is 0 Å². The Morgan fingerprint density at radius 2 is 1.93 bits per heavy atom.